The van der Waals surface area contributed by atoms with Gasteiger partial charge in [0.25, 0.3) is 0 Å². The van der Waals surface area contributed by atoms with Crippen LogP contribution < -0.4 is 15.4 Å². The zero-order valence-electron chi connectivity index (χ0n) is 13.0. The molecule has 0 amide bonds. The summed E-state index contributed by atoms with van der Waals surface area (Å²) in [6.45, 7) is 1.37. The van der Waals surface area contributed by atoms with Crippen LogP contribution in [-0.4, -0.2) is 19.2 Å². The highest BCUT2D eigenvalue weighted by Crippen LogP contribution is 2.29. The summed E-state index contributed by atoms with van der Waals surface area (Å²) in [5.41, 5.74) is 8.02. The van der Waals surface area contributed by atoms with Crippen molar-refractivity contribution >= 4 is 11.4 Å². The number of benzene rings is 2. The summed E-state index contributed by atoms with van der Waals surface area (Å²) in [6, 6.07) is 10.6. The van der Waals surface area contributed by atoms with Gasteiger partial charge in [0.2, 0.25) is 0 Å². The van der Waals surface area contributed by atoms with Crippen LogP contribution in [-0.2, 0) is 0 Å². The summed E-state index contributed by atoms with van der Waals surface area (Å²) in [5, 5.41) is 9.01. The molecule has 0 atom stereocenters. The predicted molar refractivity (Wildman–Crippen MR) is 87.8 cm³/mol. The Morgan fingerprint density at radius 1 is 1.12 bits per heavy atom. The van der Waals surface area contributed by atoms with E-state index >= 15 is 0 Å². The standard InChI is InChI=1S/C18H17F2N3O/c19-13-2-4-18(15(20)10-13)24-14-5-7-23(8-6-14)17-9-12(11-21)1-3-16(17)22/h1-4,9-10,14H,5-8,22H2. The maximum Gasteiger partial charge on any atom is 0.167 e. The summed E-state index contributed by atoms with van der Waals surface area (Å²) in [4.78, 5) is 2.09. The Bertz CT molecular complexity index is 780. The molecule has 6 heteroatoms. The number of hydrogen-bond donors (Lipinski definition) is 1. The lowest BCUT2D eigenvalue weighted by Crippen LogP contribution is -2.38. The number of nitrogens with two attached hydrogens (primary N) is 1. The molecule has 0 unspecified atom stereocenters. The Balaban J connectivity index is 1.65. The van der Waals surface area contributed by atoms with E-state index in [0.717, 1.165) is 11.8 Å². The third kappa shape index (κ3) is 3.40. The second-order valence-electron chi connectivity index (χ2n) is 5.76. The monoisotopic (exact) mass is 329 g/mol. The third-order valence-electron chi connectivity index (χ3n) is 4.13. The number of nitrogen functional groups attached to an aromatic ring is 1. The van der Waals surface area contributed by atoms with Crippen molar-refractivity contribution in [3.63, 3.8) is 0 Å². The zero-order chi connectivity index (χ0) is 17.1. The molecule has 1 aliphatic rings. The van der Waals surface area contributed by atoms with Gasteiger partial charge in [0.15, 0.2) is 11.6 Å². The van der Waals surface area contributed by atoms with E-state index in [1.165, 1.54) is 12.1 Å². The van der Waals surface area contributed by atoms with E-state index in [0.29, 0.717) is 37.2 Å². The van der Waals surface area contributed by atoms with Gasteiger partial charge >= 0.3 is 0 Å². The highest BCUT2D eigenvalue weighted by atomic mass is 19.1. The van der Waals surface area contributed by atoms with Gasteiger partial charge in [-0.05, 0) is 30.3 Å². The van der Waals surface area contributed by atoms with E-state index in [4.69, 9.17) is 15.7 Å². The van der Waals surface area contributed by atoms with E-state index in [9.17, 15) is 8.78 Å². The molecule has 2 aromatic carbocycles. The second-order valence-corrected chi connectivity index (χ2v) is 5.76. The van der Waals surface area contributed by atoms with Crippen molar-refractivity contribution in [2.75, 3.05) is 23.7 Å². The SMILES string of the molecule is N#Cc1ccc(N)c(N2CCC(Oc3ccc(F)cc3F)CC2)c1. The van der Waals surface area contributed by atoms with Crippen LogP contribution >= 0.6 is 0 Å². The van der Waals surface area contributed by atoms with Gasteiger partial charge in [-0.25, -0.2) is 8.78 Å². The van der Waals surface area contributed by atoms with Gasteiger partial charge in [-0.2, -0.15) is 5.26 Å². The molecule has 1 aliphatic heterocycles. The predicted octanol–water partition coefficient (Wildman–Crippen LogP) is 3.47. The fourth-order valence-electron chi connectivity index (χ4n) is 2.85. The van der Waals surface area contributed by atoms with Crippen LogP contribution in [0.2, 0.25) is 0 Å². The second kappa shape index (κ2) is 6.75. The summed E-state index contributed by atoms with van der Waals surface area (Å²) < 4.78 is 32.2. The minimum absolute atomic E-state index is 0.0702. The highest BCUT2D eigenvalue weighted by molar-refractivity contribution is 5.69. The molecule has 1 saturated heterocycles. The minimum atomic E-state index is -0.691. The number of anilines is 2. The molecule has 1 fully saturated rings. The van der Waals surface area contributed by atoms with Gasteiger partial charge in [0.05, 0.1) is 23.0 Å². The number of piperidine rings is 1. The van der Waals surface area contributed by atoms with Gasteiger partial charge in [-0.3, -0.25) is 0 Å². The molecule has 0 bridgehead atoms. The fraction of sp³-hybridized carbons (Fsp3) is 0.278. The number of hydrogen-bond acceptors (Lipinski definition) is 4. The van der Waals surface area contributed by atoms with Crippen LogP contribution in [0.3, 0.4) is 0 Å². The largest absolute Gasteiger partial charge is 0.487 e. The van der Waals surface area contributed by atoms with Crippen molar-refractivity contribution in [2.45, 2.75) is 18.9 Å². The van der Waals surface area contributed by atoms with Gasteiger partial charge in [0.1, 0.15) is 11.9 Å². The molecule has 124 valence electrons. The molecule has 0 spiro atoms. The minimum Gasteiger partial charge on any atom is -0.487 e. The van der Waals surface area contributed by atoms with Gasteiger partial charge in [-0.15, -0.1) is 0 Å². The molecule has 0 radical (unpaired) electrons. The first-order chi connectivity index (χ1) is 11.6. The van der Waals surface area contributed by atoms with Crippen molar-refractivity contribution in [2.24, 2.45) is 0 Å². The average Bonchev–Trinajstić information content (AvgIpc) is 2.59. The molecular formula is C18H17F2N3O. The zero-order valence-corrected chi connectivity index (χ0v) is 13.0. The maximum atomic E-state index is 13.7. The first-order valence-corrected chi connectivity index (χ1v) is 7.73. The molecule has 4 nitrogen and oxygen atoms in total. The van der Waals surface area contributed by atoms with E-state index in [2.05, 4.69) is 11.0 Å². The first-order valence-electron chi connectivity index (χ1n) is 7.73. The van der Waals surface area contributed by atoms with E-state index < -0.39 is 11.6 Å². The van der Waals surface area contributed by atoms with Crippen LogP contribution in [0.5, 0.6) is 5.75 Å². The number of rotatable bonds is 3. The third-order valence-corrected chi connectivity index (χ3v) is 4.13. The van der Waals surface area contributed by atoms with Crippen molar-refractivity contribution in [3.05, 3.63) is 53.6 Å². The Labute approximate surface area is 139 Å². The van der Waals surface area contributed by atoms with Crippen molar-refractivity contribution in [1.29, 1.82) is 5.26 Å². The molecule has 3 rings (SSSR count). The van der Waals surface area contributed by atoms with E-state index in [1.54, 1.807) is 18.2 Å². The molecule has 24 heavy (non-hydrogen) atoms. The molecule has 0 saturated carbocycles. The Morgan fingerprint density at radius 3 is 2.54 bits per heavy atom. The summed E-state index contributed by atoms with van der Waals surface area (Å²) in [5.74, 6) is -1.24. The van der Waals surface area contributed by atoms with Gasteiger partial charge in [-0.1, -0.05) is 0 Å². The Morgan fingerprint density at radius 2 is 1.88 bits per heavy atom. The number of nitrogens with zero attached hydrogens (tertiary/aromatic N) is 2. The number of halogens is 2. The smallest absolute Gasteiger partial charge is 0.167 e. The highest BCUT2D eigenvalue weighted by Gasteiger charge is 2.23. The van der Waals surface area contributed by atoms with Crippen LogP contribution in [0.15, 0.2) is 36.4 Å². The summed E-state index contributed by atoms with van der Waals surface area (Å²) in [6.07, 6.45) is 1.24. The molecule has 0 aromatic heterocycles. The van der Waals surface area contributed by atoms with Crippen molar-refractivity contribution in [3.8, 4) is 11.8 Å². The molecule has 1 heterocycles. The van der Waals surface area contributed by atoms with Crippen molar-refractivity contribution < 1.29 is 13.5 Å². The Hall–Kier alpha value is -2.81. The quantitative estimate of drug-likeness (QED) is 0.876. The normalized spacial score (nSPS) is 15.1. The summed E-state index contributed by atoms with van der Waals surface area (Å²) >= 11 is 0. The summed E-state index contributed by atoms with van der Waals surface area (Å²) in [7, 11) is 0. The van der Waals surface area contributed by atoms with Crippen LogP contribution in [0, 0.1) is 23.0 Å². The lowest BCUT2D eigenvalue weighted by atomic mass is 10.1. The molecule has 2 N–H and O–H groups in total. The fourth-order valence-corrected chi connectivity index (χ4v) is 2.85. The first kappa shape index (κ1) is 16.1. The van der Waals surface area contributed by atoms with Gasteiger partial charge in [0, 0.05) is 32.0 Å². The lowest BCUT2D eigenvalue weighted by molar-refractivity contribution is 0.163. The topological polar surface area (TPSA) is 62.3 Å². The number of nitriles is 1. The molecule has 2 aromatic rings. The average molecular weight is 329 g/mol. The van der Waals surface area contributed by atoms with E-state index in [1.807, 2.05) is 0 Å². The van der Waals surface area contributed by atoms with Crippen LogP contribution in [0.1, 0.15) is 18.4 Å². The Kier molecular flexibility index (Phi) is 4.52. The lowest BCUT2D eigenvalue weighted by Gasteiger charge is -2.34. The van der Waals surface area contributed by atoms with Gasteiger partial charge < -0.3 is 15.4 Å². The molecular weight excluding hydrogens is 312 g/mol. The van der Waals surface area contributed by atoms with Crippen molar-refractivity contribution in [1.82, 2.24) is 0 Å². The maximum absolute atomic E-state index is 13.7. The van der Waals surface area contributed by atoms with E-state index in [-0.39, 0.29) is 11.9 Å². The van der Waals surface area contributed by atoms with Crippen LogP contribution in [0.25, 0.3) is 0 Å². The van der Waals surface area contributed by atoms with Crippen LogP contribution in [0.4, 0.5) is 20.2 Å². The molecule has 0 aliphatic carbocycles. The number of ether oxygens (including phenoxy) is 1.